The first-order valence-electron chi connectivity index (χ1n) is 7.76. The molecule has 0 aliphatic heterocycles. The number of hydrogen-bond acceptors (Lipinski definition) is 4. The van der Waals surface area contributed by atoms with Gasteiger partial charge in [-0.05, 0) is 24.3 Å². The number of aromatic nitrogens is 2. The van der Waals surface area contributed by atoms with Gasteiger partial charge in [-0.3, -0.25) is 4.79 Å². The SMILES string of the molecule is O=C(Nc1ccccc1C(F)(F)F)c1cc(Nc2ccc(F)cc2F)ncn1. The van der Waals surface area contributed by atoms with Crippen molar-refractivity contribution in [2.24, 2.45) is 0 Å². The van der Waals surface area contributed by atoms with Crippen molar-refractivity contribution >= 4 is 23.1 Å². The van der Waals surface area contributed by atoms with Crippen LogP contribution in [0.3, 0.4) is 0 Å². The van der Waals surface area contributed by atoms with E-state index in [1.165, 1.54) is 12.1 Å². The topological polar surface area (TPSA) is 66.9 Å². The first-order chi connectivity index (χ1) is 13.2. The average Bonchev–Trinajstić information content (AvgIpc) is 2.64. The van der Waals surface area contributed by atoms with Gasteiger partial charge >= 0.3 is 6.18 Å². The molecule has 0 fully saturated rings. The molecule has 0 radical (unpaired) electrons. The van der Waals surface area contributed by atoms with Gasteiger partial charge < -0.3 is 10.6 Å². The Bertz CT molecular complexity index is 1020. The van der Waals surface area contributed by atoms with Crippen molar-refractivity contribution in [3.05, 3.63) is 77.8 Å². The normalized spacial score (nSPS) is 11.2. The van der Waals surface area contributed by atoms with Crippen molar-refractivity contribution in [3.63, 3.8) is 0 Å². The van der Waals surface area contributed by atoms with Gasteiger partial charge in [-0.2, -0.15) is 13.2 Å². The van der Waals surface area contributed by atoms with Gasteiger partial charge in [0.05, 0.1) is 16.9 Å². The first kappa shape index (κ1) is 19.2. The van der Waals surface area contributed by atoms with Crippen LogP contribution in [0.2, 0.25) is 0 Å². The molecule has 0 bridgehead atoms. The van der Waals surface area contributed by atoms with Crippen LogP contribution in [0.4, 0.5) is 39.1 Å². The molecule has 3 rings (SSSR count). The number of carbonyl (C=O) groups is 1. The maximum absolute atomic E-state index is 13.7. The predicted octanol–water partition coefficient (Wildman–Crippen LogP) is 4.77. The van der Waals surface area contributed by atoms with E-state index in [-0.39, 0.29) is 17.2 Å². The highest BCUT2D eigenvalue weighted by Crippen LogP contribution is 2.34. The van der Waals surface area contributed by atoms with Crippen LogP contribution in [-0.2, 0) is 6.18 Å². The number of anilines is 3. The van der Waals surface area contributed by atoms with E-state index in [9.17, 15) is 26.7 Å². The summed E-state index contributed by atoms with van der Waals surface area (Å²) in [6, 6.07) is 8.41. The van der Waals surface area contributed by atoms with Gasteiger partial charge in [0.2, 0.25) is 0 Å². The summed E-state index contributed by atoms with van der Waals surface area (Å²) >= 11 is 0. The number of carbonyl (C=O) groups excluding carboxylic acids is 1. The Hall–Kier alpha value is -3.56. The Morgan fingerprint density at radius 2 is 1.68 bits per heavy atom. The van der Waals surface area contributed by atoms with Crippen molar-refractivity contribution in [2.75, 3.05) is 10.6 Å². The fourth-order valence-electron chi connectivity index (χ4n) is 2.30. The average molecular weight is 394 g/mol. The molecule has 0 saturated heterocycles. The number of nitrogens with zero attached hydrogens (tertiary/aromatic N) is 2. The van der Waals surface area contributed by atoms with E-state index in [2.05, 4.69) is 20.6 Å². The lowest BCUT2D eigenvalue weighted by Gasteiger charge is -2.13. The first-order valence-corrected chi connectivity index (χ1v) is 7.76. The number of nitrogens with one attached hydrogen (secondary N) is 2. The summed E-state index contributed by atoms with van der Waals surface area (Å²) in [6.45, 7) is 0. The smallest absolute Gasteiger partial charge is 0.338 e. The molecule has 10 heteroatoms. The highest BCUT2D eigenvalue weighted by Gasteiger charge is 2.33. The second-order valence-electron chi connectivity index (χ2n) is 5.54. The molecule has 2 N–H and O–H groups in total. The van der Waals surface area contributed by atoms with E-state index in [1.54, 1.807) is 0 Å². The molecule has 0 unspecified atom stereocenters. The van der Waals surface area contributed by atoms with Gasteiger partial charge in [0, 0.05) is 12.1 Å². The van der Waals surface area contributed by atoms with Gasteiger partial charge in [0.15, 0.2) is 0 Å². The fraction of sp³-hybridized carbons (Fsp3) is 0.0556. The summed E-state index contributed by atoms with van der Waals surface area (Å²) in [7, 11) is 0. The van der Waals surface area contributed by atoms with Crippen LogP contribution < -0.4 is 10.6 Å². The Labute approximate surface area is 155 Å². The van der Waals surface area contributed by atoms with Crippen molar-refractivity contribution in [1.29, 1.82) is 0 Å². The molecule has 1 amide bonds. The summed E-state index contributed by atoms with van der Waals surface area (Å²) in [5, 5.41) is 4.68. The number of alkyl halides is 3. The Kier molecular flexibility index (Phi) is 5.21. The quantitative estimate of drug-likeness (QED) is 0.626. The standard InChI is InChI=1S/C18H11F5N4O/c19-10-5-6-14(12(20)7-10)26-16-8-15(24-9-25-16)17(28)27-13-4-2-1-3-11(13)18(21,22)23/h1-9H,(H,27,28)(H,24,25,26). The number of para-hydroxylation sites is 1. The molecule has 1 aromatic heterocycles. The summed E-state index contributed by atoms with van der Waals surface area (Å²) in [4.78, 5) is 19.8. The van der Waals surface area contributed by atoms with Crippen LogP contribution in [0.15, 0.2) is 54.9 Å². The number of amides is 1. The van der Waals surface area contributed by atoms with E-state index in [0.717, 1.165) is 36.7 Å². The third-order valence-electron chi connectivity index (χ3n) is 3.57. The minimum absolute atomic E-state index is 0.00485. The van der Waals surface area contributed by atoms with Crippen LogP contribution in [0.25, 0.3) is 0 Å². The lowest BCUT2D eigenvalue weighted by molar-refractivity contribution is -0.136. The number of benzene rings is 2. The molecule has 0 aliphatic carbocycles. The van der Waals surface area contributed by atoms with Gasteiger partial charge in [-0.1, -0.05) is 12.1 Å². The maximum atomic E-state index is 13.7. The highest BCUT2D eigenvalue weighted by atomic mass is 19.4. The van der Waals surface area contributed by atoms with E-state index >= 15 is 0 Å². The van der Waals surface area contributed by atoms with Crippen LogP contribution >= 0.6 is 0 Å². The minimum atomic E-state index is -4.65. The van der Waals surface area contributed by atoms with Gasteiger partial charge in [0.25, 0.3) is 5.91 Å². The molecule has 5 nitrogen and oxygen atoms in total. The molecule has 2 aromatic carbocycles. The lowest BCUT2D eigenvalue weighted by atomic mass is 10.1. The molecule has 0 spiro atoms. The number of halogens is 5. The predicted molar refractivity (Wildman–Crippen MR) is 91.1 cm³/mol. The zero-order valence-corrected chi connectivity index (χ0v) is 13.9. The van der Waals surface area contributed by atoms with Crippen molar-refractivity contribution < 1.29 is 26.7 Å². The molecule has 0 aliphatic rings. The van der Waals surface area contributed by atoms with E-state index in [4.69, 9.17) is 0 Å². The number of rotatable bonds is 4. The van der Waals surface area contributed by atoms with E-state index < -0.39 is 35.0 Å². The second kappa shape index (κ2) is 7.59. The second-order valence-corrected chi connectivity index (χ2v) is 5.54. The Morgan fingerprint density at radius 3 is 2.39 bits per heavy atom. The van der Waals surface area contributed by atoms with Crippen LogP contribution in [0.5, 0.6) is 0 Å². The Balaban J connectivity index is 1.82. The van der Waals surface area contributed by atoms with Crippen molar-refractivity contribution in [2.45, 2.75) is 6.18 Å². The molecular weight excluding hydrogens is 383 g/mol. The molecule has 144 valence electrons. The van der Waals surface area contributed by atoms with Crippen LogP contribution in [-0.4, -0.2) is 15.9 Å². The fourth-order valence-corrected chi connectivity index (χ4v) is 2.30. The monoisotopic (exact) mass is 394 g/mol. The number of hydrogen-bond donors (Lipinski definition) is 2. The van der Waals surface area contributed by atoms with Crippen molar-refractivity contribution in [1.82, 2.24) is 9.97 Å². The molecular formula is C18H11F5N4O. The summed E-state index contributed by atoms with van der Waals surface area (Å²) in [6.07, 6.45) is -3.67. The summed E-state index contributed by atoms with van der Waals surface area (Å²) in [5.74, 6) is -2.57. The van der Waals surface area contributed by atoms with E-state index in [0.29, 0.717) is 6.07 Å². The van der Waals surface area contributed by atoms with Crippen LogP contribution in [0, 0.1) is 11.6 Å². The Morgan fingerprint density at radius 1 is 0.929 bits per heavy atom. The van der Waals surface area contributed by atoms with E-state index in [1.807, 2.05) is 0 Å². The summed E-state index contributed by atoms with van der Waals surface area (Å²) in [5.41, 5.74) is -1.80. The van der Waals surface area contributed by atoms with Gasteiger partial charge in [-0.25, -0.2) is 18.7 Å². The lowest BCUT2D eigenvalue weighted by Crippen LogP contribution is -2.18. The largest absolute Gasteiger partial charge is 0.418 e. The molecule has 28 heavy (non-hydrogen) atoms. The zero-order valence-electron chi connectivity index (χ0n) is 13.9. The van der Waals surface area contributed by atoms with Gasteiger partial charge in [-0.15, -0.1) is 0 Å². The minimum Gasteiger partial charge on any atom is -0.338 e. The molecule has 0 saturated carbocycles. The highest BCUT2D eigenvalue weighted by molar-refractivity contribution is 6.03. The van der Waals surface area contributed by atoms with Crippen molar-refractivity contribution in [3.8, 4) is 0 Å². The maximum Gasteiger partial charge on any atom is 0.418 e. The third kappa shape index (κ3) is 4.40. The van der Waals surface area contributed by atoms with Crippen LogP contribution in [0.1, 0.15) is 16.1 Å². The third-order valence-corrected chi connectivity index (χ3v) is 3.57. The van der Waals surface area contributed by atoms with Gasteiger partial charge in [0.1, 0.15) is 29.5 Å². The zero-order chi connectivity index (χ0) is 20.3. The molecule has 1 heterocycles. The molecule has 0 atom stereocenters. The molecule has 3 aromatic rings. The summed E-state index contributed by atoms with van der Waals surface area (Å²) < 4.78 is 65.7.